The first-order valence-corrected chi connectivity index (χ1v) is 7.76. The summed E-state index contributed by atoms with van der Waals surface area (Å²) in [4.78, 5) is 3.26. The number of nitrogens with one attached hydrogen (secondary N) is 1. The lowest BCUT2D eigenvalue weighted by molar-refractivity contribution is 0.381. The van der Waals surface area contributed by atoms with Gasteiger partial charge in [0.1, 0.15) is 5.82 Å². The molecule has 1 aliphatic carbocycles. The van der Waals surface area contributed by atoms with Crippen LogP contribution < -0.4 is 5.73 Å². The molecule has 0 aliphatic heterocycles. The van der Waals surface area contributed by atoms with Gasteiger partial charge in [-0.25, -0.2) is 4.39 Å². The molecule has 0 bridgehead atoms. The predicted octanol–water partition coefficient (Wildman–Crippen LogP) is 4.32. The van der Waals surface area contributed by atoms with E-state index in [4.69, 9.17) is 5.73 Å². The van der Waals surface area contributed by atoms with Gasteiger partial charge in [0.05, 0.1) is 0 Å². The highest BCUT2D eigenvalue weighted by atomic mass is 19.1. The second-order valence-electron chi connectivity index (χ2n) is 6.03. The highest BCUT2D eigenvalue weighted by molar-refractivity contribution is 5.83. The Morgan fingerprint density at radius 1 is 1.20 bits per heavy atom. The van der Waals surface area contributed by atoms with Gasteiger partial charge in [-0.1, -0.05) is 25.7 Å². The maximum atomic E-state index is 13.5. The molecule has 20 heavy (non-hydrogen) atoms. The van der Waals surface area contributed by atoms with E-state index in [9.17, 15) is 4.39 Å². The maximum Gasteiger partial charge on any atom is 0.123 e. The van der Waals surface area contributed by atoms with Crippen molar-refractivity contribution in [3.63, 3.8) is 0 Å². The maximum absolute atomic E-state index is 13.5. The predicted molar refractivity (Wildman–Crippen MR) is 81.2 cm³/mol. The summed E-state index contributed by atoms with van der Waals surface area (Å²) in [5.41, 5.74) is 8.28. The van der Waals surface area contributed by atoms with Gasteiger partial charge in [-0.2, -0.15) is 0 Å². The SMILES string of the molecule is NCC(c1c[nH]c2ccc(F)cc12)C1CCCCCC1. The highest BCUT2D eigenvalue weighted by Crippen LogP contribution is 2.37. The Hall–Kier alpha value is -1.35. The van der Waals surface area contributed by atoms with Crippen molar-refractivity contribution in [2.24, 2.45) is 11.7 Å². The minimum Gasteiger partial charge on any atom is -0.361 e. The fraction of sp³-hybridized carbons (Fsp3) is 0.529. The van der Waals surface area contributed by atoms with Gasteiger partial charge >= 0.3 is 0 Å². The molecule has 0 amide bonds. The molecule has 3 N–H and O–H groups in total. The molecule has 1 atom stereocenters. The van der Waals surface area contributed by atoms with Crippen molar-refractivity contribution < 1.29 is 4.39 Å². The van der Waals surface area contributed by atoms with E-state index < -0.39 is 0 Å². The number of hydrogen-bond acceptors (Lipinski definition) is 1. The summed E-state index contributed by atoms with van der Waals surface area (Å²) in [6, 6.07) is 4.96. The lowest BCUT2D eigenvalue weighted by Gasteiger charge is -2.24. The van der Waals surface area contributed by atoms with Gasteiger partial charge in [-0.05, 0) is 49.1 Å². The molecule has 1 aromatic carbocycles. The van der Waals surface area contributed by atoms with Crippen LogP contribution in [0.3, 0.4) is 0 Å². The summed E-state index contributed by atoms with van der Waals surface area (Å²) < 4.78 is 13.5. The van der Waals surface area contributed by atoms with Crippen LogP contribution in [0.4, 0.5) is 4.39 Å². The fourth-order valence-electron chi connectivity index (χ4n) is 3.71. The van der Waals surface area contributed by atoms with Crippen LogP contribution in [-0.4, -0.2) is 11.5 Å². The zero-order chi connectivity index (χ0) is 13.9. The molecule has 1 saturated carbocycles. The minimum atomic E-state index is -0.171. The number of rotatable bonds is 3. The Morgan fingerprint density at radius 3 is 2.65 bits per heavy atom. The first-order valence-electron chi connectivity index (χ1n) is 7.76. The summed E-state index contributed by atoms with van der Waals surface area (Å²) in [5.74, 6) is 0.823. The number of H-pyrrole nitrogens is 1. The number of fused-ring (bicyclic) bond motifs is 1. The second kappa shape index (κ2) is 5.96. The van der Waals surface area contributed by atoms with Gasteiger partial charge in [-0.15, -0.1) is 0 Å². The van der Waals surface area contributed by atoms with Gasteiger partial charge in [0.25, 0.3) is 0 Å². The van der Waals surface area contributed by atoms with Crippen molar-refractivity contribution >= 4 is 10.9 Å². The highest BCUT2D eigenvalue weighted by Gasteiger charge is 2.25. The van der Waals surface area contributed by atoms with Crippen molar-refractivity contribution in [1.29, 1.82) is 0 Å². The number of aromatic nitrogens is 1. The molecule has 3 rings (SSSR count). The van der Waals surface area contributed by atoms with Crippen LogP contribution in [0, 0.1) is 11.7 Å². The van der Waals surface area contributed by atoms with Gasteiger partial charge in [0.2, 0.25) is 0 Å². The number of aromatic amines is 1. The number of hydrogen-bond donors (Lipinski definition) is 2. The van der Waals surface area contributed by atoms with Gasteiger partial charge in [0.15, 0.2) is 0 Å². The molecule has 0 spiro atoms. The second-order valence-corrected chi connectivity index (χ2v) is 6.03. The molecular weight excluding hydrogens is 251 g/mol. The Balaban J connectivity index is 1.95. The van der Waals surface area contributed by atoms with Crippen molar-refractivity contribution in [3.8, 4) is 0 Å². The van der Waals surface area contributed by atoms with Crippen LogP contribution in [0.15, 0.2) is 24.4 Å². The summed E-state index contributed by atoms with van der Waals surface area (Å²) in [6.07, 6.45) is 9.84. The Morgan fingerprint density at radius 2 is 1.95 bits per heavy atom. The van der Waals surface area contributed by atoms with Crippen LogP contribution in [0.5, 0.6) is 0 Å². The van der Waals surface area contributed by atoms with E-state index in [1.807, 2.05) is 12.3 Å². The van der Waals surface area contributed by atoms with E-state index >= 15 is 0 Å². The number of nitrogens with two attached hydrogens (primary N) is 1. The lowest BCUT2D eigenvalue weighted by Crippen LogP contribution is -2.21. The molecular formula is C17H23FN2. The average Bonchev–Trinajstić information content (AvgIpc) is 2.69. The first kappa shape index (κ1) is 13.6. The molecule has 0 saturated heterocycles. The summed E-state index contributed by atoms with van der Waals surface area (Å²) >= 11 is 0. The van der Waals surface area contributed by atoms with E-state index in [0.717, 1.165) is 10.9 Å². The molecule has 1 fully saturated rings. The minimum absolute atomic E-state index is 0.171. The lowest BCUT2D eigenvalue weighted by atomic mass is 9.81. The third-order valence-electron chi connectivity index (χ3n) is 4.80. The largest absolute Gasteiger partial charge is 0.361 e. The zero-order valence-corrected chi connectivity index (χ0v) is 11.9. The van der Waals surface area contributed by atoms with Crippen LogP contribution in [0.2, 0.25) is 0 Å². The standard InChI is InChI=1S/C17H23FN2/c18-13-7-8-17-14(9-13)16(11-20-17)15(10-19)12-5-3-1-2-4-6-12/h7-9,11-12,15,20H,1-6,10,19H2. The molecule has 1 unspecified atom stereocenters. The molecule has 2 aromatic rings. The van der Waals surface area contributed by atoms with E-state index in [1.54, 1.807) is 6.07 Å². The monoisotopic (exact) mass is 274 g/mol. The number of benzene rings is 1. The van der Waals surface area contributed by atoms with E-state index in [-0.39, 0.29) is 5.82 Å². The van der Waals surface area contributed by atoms with Gasteiger partial charge < -0.3 is 10.7 Å². The van der Waals surface area contributed by atoms with Crippen molar-refractivity contribution in [2.45, 2.75) is 44.4 Å². The molecule has 1 heterocycles. The van der Waals surface area contributed by atoms with Crippen LogP contribution in [0.25, 0.3) is 10.9 Å². The Bertz CT molecular complexity index is 567. The Labute approximate surface area is 119 Å². The quantitative estimate of drug-likeness (QED) is 0.804. The third-order valence-corrected chi connectivity index (χ3v) is 4.80. The molecule has 1 aromatic heterocycles. The number of halogens is 1. The van der Waals surface area contributed by atoms with Gasteiger partial charge in [0, 0.05) is 23.0 Å². The average molecular weight is 274 g/mol. The van der Waals surface area contributed by atoms with Crippen LogP contribution in [0.1, 0.15) is 50.0 Å². The smallest absolute Gasteiger partial charge is 0.123 e. The van der Waals surface area contributed by atoms with Crippen molar-refractivity contribution in [3.05, 3.63) is 35.8 Å². The van der Waals surface area contributed by atoms with Crippen LogP contribution >= 0.6 is 0 Å². The molecule has 3 heteroatoms. The molecule has 2 nitrogen and oxygen atoms in total. The first-order chi connectivity index (χ1) is 9.79. The van der Waals surface area contributed by atoms with E-state index in [0.29, 0.717) is 18.4 Å². The third kappa shape index (κ3) is 2.59. The van der Waals surface area contributed by atoms with Crippen LogP contribution in [-0.2, 0) is 0 Å². The Kier molecular flexibility index (Phi) is 4.06. The fourth-order valence-corrected chi connectivity index (χ4v) is 3.71. The summed E-state index contributed by atoms with van der Waals surface area (Å²) in [6.45, 7) is 0.647. The normalized spacial score (nSPS) is 19.1. The summed E-state index contributed by atoms with van der Waals surface area (Å²) in [5, 5.41) is 1.00. The van der Waals surface area contributed by atoms with Crippen molar-refractivity contribution in [2.75, 3.05) is 6.54 Å². The zero-order valence-electron chi connectivity index (χ0n) is 11.9. The van der Waals surface area contributed by atoms with E-state index in [2.05, 4.69) is 4.98 Å². The van der Waals surface area contributed by atoms with Crippen molar-refractivity contribution in [1.82, 2.24) is 4.98 Å². The molecule has 0 radical (unpaired) electrons. The summed E-state index contributed by atoms with van der Waals surface area (Å²) in [7, 11) is 0. The topological polar surface area (TPSA) is 41.8 Å². The van der Waals surface area contributed by atoms with E-state index in [1.165, 1.54) is 50.2 Å². The molecule has 1 aliphatic rings. The molecule has 108 valence electrons. The van der Waals surface area contributed by atoms with Gasteiger partial charge in [-0.3, -0.25) is 0 Å².